The maximum absolute atomic E-state index is 13.3. The Hall–Kier alpha value is -0.450. The van der Waals surface area contributed by atoms with Crippen molar-refractivity contribution in [3.05, 3.63) is 48.9 Å². The van der Waals surface area contributed by atoms with Gasteiger partial charge >= 0.3 is 0 Å². The van der Waals surface area contributed by atoms with Gasteiger partial charge in [-0.25, -0.2) is 8.78 Å². The second-order valence-electron chi connectivity index (χ2n) is 4.20. The van der Waals surface area contributed by atoms with Gasteiger partial charge in [-0.05, 0) is 23.8 Å². The van der Waals surface area contributed by atoms with Crippen molar-refractivity contribution in [1.29, 1.82) is 0 Å². The second kappa shape index (κ2) is 6.98. The monoisotopic (exact) mass is 404 g/mol. The zero-order chi connectivity index (χ0) is 16.6. The van der Waals surface area contributed by atoms with Crippen LogP contribution in [0.25, 0.3) is 11.1 Å². The van der Waals surface area contributed by atoms with Gasteiger partial charge in [-0.15, -0.1) is 0 Å². The normalized spacial score (nSPS) is 11.1. The largest absolute Gasteiger partial charge is 0.497 e. The first kappa shape index (κ1) is 17.9. The summed E-state index contributed by atoms with van der Waals surface area (Å²) in [4.78, 5) is 0. The van der Waals surface area contributed by atoms with Crippen molar-refractivity contribution in [3.8, 4) is 16.9 Å². The third-order valence-corrected chi connectivity index (χ3v) is 5.25. The summed E-state index contributed by atoms with van der Waals surface area (Å²) in [5, 5.41) is -0.275. The Morgan fingerprint density at radius 2 is 1.36 bits per heavy atom. The van der Waals surface area contributed by atoms with Crippen LogP contribution in [0, 0.1) is 0 Å². The molecule has 0 N–H and O–H groups in total. The molecule has 0 aliphatic rings. The molecule has 2 aromatic carbocycles. The molecule has 0 fully saturated rings. The summed E-state index contributed by atoms with van der Waals surface area (Å²) in [6, 6.07) is 4.02. The average Bonchev–Trinajstić information content (AvgIpc) is 2.50. The third kappa shape index (κ3) is 3.10. The molecule has 0 heterocycles. The minimum Gasteiger partial charge on any atom is -0.497 e. The molecule has 1 nitrogen and oxygen atoms in total. The molecule has 22 heavy (non-hydrogen) atoms. The zero-order valence-corrected chi connectivity index (χ0v) is 14.6. The van der Waals surface area contributed by atoms with Crippen molar-refractivity contribution in [3.63, 3.8) is 0 Å². The smallest absolute Gasteiger partial charge is 0.264 e. The van der Waals surface area contributed by atoms with E-state index in [2.05, 4.69) is 0 Å². The maximum Gasteiger partial charge on any atom is 0.264 e. The highest BCUT2D eigenvalue weighted by Gasteiger charge is 2.24. The zero-order valence-electron chi connectivity index (χ0n) is 10.9. The maximum atomic E-state index is 13.3. The van der Waals surface area contributed by atoms with Crippen molar-refractivity contribution in [2.24, 2.45) is 0 Å². The highest BCUT2D eigenvalue weighted by molar-refractivity contribution is 6.56. The van der Waals surface area contributed by atoms with E-state index in [9.17, 15) is 8.78 Å². The Kier molecular flexibility index (Phi) is 5.68. The number of hydrogen-bond acceptors (Lipinski definition) is 1. The molecular weight excluding hydrogens is 399 g/mol. The first-order valence-corrected chi connectivity index (χ1v) is 7.66. The minimum atomic E-state index is -2.75. The molecule has 2 rings (SSSR count). The van der Waals surface area contributed by atoms with Crippen LogP contribution in [0.15, 0.2) is 18.2 Å². The van der Waals surface area contributed by atoms with E-state index in [-0.39, 0.29) is 41.8 Å². The minimum absolute atomic E-state index is 0.0384. The van der Waals surface area contributed by atoms with Crippen LogP contribution in [0.3, 0.4) is 0 Å². The van der Waals surface area contributed by atoms with E-state index in [1.165, 1.54) is 25.3 Å². The van der Waals surface area contributed by atoms with E-state index in [4.69, 9.17) is 62.7 Å². The molecule has 0 spiro atoms. The molecule has 118 valence electrons. The molecule has 0 saturated heterocycles. The summed E-state index contributed by atoms with van der Waals surface area (Å²) in [7, 11) is 1.41. The molecule has 2 aromatic rings. The number of rotatable bonds is 3. The van der Waals surface area contributed by atoms with Crippen molar-refractivity contribution >= 4 is 58.0 Å². The summed E-state index contributed by atoms with van der Waals surface area (Å²) in [5.41, 5.74) is -0.124. The van der Waals surface area contributed by atoms with Gasteiger partial charge in [0.15, 0.2) is 0 Å². The van der Waals surface area contributed by atoms with Gasteiger partial charge in [0.05, 0.1) is 32.2 Å². The summed E-state index contributed by atoms with van der Waals surface area (Å²) in [6.07, 6.45) is -2.75. The van der Waals surface area contributed by atoms with Gasteiger partial charge in [-0.2, -0.15) is 0 Å². The van der Waals surface area contributed by atoms with Gasteiger partial charge < -0.3 is 4.74 Å². The summed E-state index contributed by atoms with van der Waals surface area (Å²) >= 11 is 30.2. The van der Waals surface area contributed by atoms with Gasteiger partial charge in [0.2, 0.25) is 0 Å². The Morgan fingerprint density at radius 3 is 1.82 bits per heavy atom. The third-order valence-electron chi connectivity index (χ3n) is 2.97. The lowest BCUT2D eigenvalue weighted by atomic mass is 9.99. The fourth-order valence-electron chi connectivity index (χ4n) is 1.91. The van der Waals surface area contributed by atoms with Gasteiger partial charge in [0.1, 0.15) is 5.75 Å². The molecule has 0 saturated carbocycles. The van der Waals surface area contributed by atoms with E-state index in [1.54, 1.807) is 0 Å². The molecular formula is C14H7Cl5F2O. The number of alkyl halides is 2. The number of hydrogen-bond donors (Lipinski definition) is 0. The highest BCUT2D eigenvalue weighted by atomic mass is 35.5. The molecule has 0 atom stereocenters. The lowest BCUT2D eigenvalue weighted by molar-refractivity contribution is 0.152. The summed E-state index contributed by atoms with van der Waals surface area (Å²) < 4.78 is 31.6. The molecule has 0 aromatic heterocycles. The van der Waals surface area contributed by atoms with E-state index in [0.717, 1.165) is 0 Å². The molecule has 0 unspecified atom stereocenters. The molecule has 0 radical (unpaired) electrons. The molecule has 0 amide bonds. The van der Waals surface area contributed by atoms with Crippen LogP contribution in [0.1, 0.15) is 12.0 Å². The van der Waals surface area contributed by atoms with Crippen molar-refractivity contribution in [2.45, 2.75) is 6.43 Å². The molecule has 0 aliphatic carbocycles. The van der Waals surface area contributed by atoms with Gasteiger partial charge in [0.25, 0.3) is 6.43 Å². The van der Waals surface area contributed by atoms with Crippen LogP contribution in [0.2, 0.25) is 25.1 Å². The fourth-order valence-corrected chi connectivity index (χ4v) is 3.25. The second-order valence-corrected chi connectivity index (χ2v) is 6.09. The summed E-state index contributed by atoms with van der Waals surface area (Å²) in [6.45, 7) is 0. The average molecular weight is 406 g/mol. The van der Waals surface area contributed by atoms with Crippen molar-refractivity contribution in [2.75, 3.05) is 7.11 Å². The van der Waals surface area contributed by atoms with E-state index in [0.29, 0.717) is 5.75 Å². The van der Waals surface area contributed by atoms with Gasteiger partial charge in [0, 0.05) is 11.1 Å². The van der Waals surface area contributed by atoms with E-state index >= 15 is 0 Å². The number of methoxy groups -OCH3 is 1. The van der Waals surface area contributed by atoms with E-state index < -0.39 is 6.43 Å². The van der Waals surface area contributed by atoms with Crippen molar-refractivity contribution in [1.82, 2.24) is 0 Å². The standard InChI is InChI=1S/C14H7Cl5F2O/c1-22-5-2-3-6(14(20)21)7(4-5)8-9(15)11(17)13(19)12(18)10(8)16/h2-4,14H,1H3. The van der Waals surface area contributed by atoms with Crippen LogP contribution >= 0.6 is 58.0 Å². The van der Waals surface area contributed by atoms with Gasteiger partial charge in [-0.3, -0.25) is 0 Å². The number of halogens is 7. The van der Waals surface area contributed by atoms with Crippen LogP contribution in [0.5, 0.6) is 5.75 Å². The predicted octanol–water partition coefficient (Wildman–Crippen LogP) is 7.57. The van der Waals surface area contributed by atoms with Crippen LogP contribution in [-0.4, -0.2) is 7.11 Å². The first-order chi connectivity index (χ1) is 10.3. The Labute approximate surface area is 150 Å². The topological polar surface area (TPSA) is 9.23 Å². The van der Waals surface area contributed by atoms with Gasteiger partial charge in [-0.1, -0.05) is 58.0 Å². The van der Waals surface area contributed by atoms with E-state index in [1.807, 2.05) is 0 Å². The highest BCUT2D eigenvalue weighted by Crippen LogP contribution is 2.50. The molecule has 8 heteroatoms. The lowest BCUT2D eigenvalue weighted by Gasteiger charge is -2.16. The fraction of sp³-hybridized carbons (Fsp3) is 0.143. The molecule has 0 aliphatic heterocycles. The molecule has 0 bridgehead atoms. The predicted molar refractivity (Wildman–Crippen MR) is 88.4 cm³/mol. The number of benzene rings is 2. The van der Waals surface area contributed by atoms with Crippen LogP contribution in [-0.2, 0) is 0 Å². The first-order valence-electron chi connectivity index (χ1n) is 5.77. The Morgan fingerprint density at radius 1 is 0.864 bits per heavy atom. The lowest BCUT2D eigenvalue weighted by Crippen LogP contribution is -1.95. The summed E-state index contributed by atoms with van der Waals surface area (Å²) in [5.74, 6) is 0.355. The number of ether oxygens (including phenoxy) is 1. The van der Waals surface area contributed by atoms with Crippen molar-refractivity contribution < 1.29 is 13.5 Å². The quantitative estimate of drug-likeness (QED) is 0.377. The van der Waals surface area contributed by atoms with Crippen LogP contribution < -0.4 is 4.74 Å². The SMILES string of the molecule is COc1ccc(C(F)F)c(-c2c(Cl)c(Cl)c(Cl)c(Cl)c2Cl)c1. The van der Waals surface area contributed by atoms with Crippen LogP contribution in [0.4, 0.5) is 8.78 Å². The Balaban J connectivity index is 2.87. The Bertz CT molecular complexity index is 705.